The van der Waals surface area contributed by atoms with E-state index in [0.29, 0.717) is 6.61 Å². The summed E-state index contributed by atoms with van der Waals surface area (Å²) in [6.07, 6.45) is 3.49. The van der Waals surface area contributed by atoms with Gasteiger partial charge in [-0.3, -0.25) is 0 Å². The van der Waals surface area contributed by atoms with Gasteiger partial charge >= 0.3 is 0 Å². The molecule has 2 aliphatic heterocycles. The van der Waals surface area contributed by atoms with Crippen LogP contribution in [0.5, 0.6) is 0 Å². The van der Waals surface area contributed by atoms with Crippen LogP contribution in [0.3, 0.4) is 0 Å². The molecule has 0 radical (unpaired) electrons. The topological polar surface area (TPSA) is 51.4 Å². The zero-order valence-electron chi connectivity index (χ0n) is 12.3. The van der Waals surface area contributed by atoms with Gasteiger partial charge in [0.25, 0.3) is 0 Å². The van der Waals surface area contributed by atoms with Crippen molar-refractivity contribution in [2.75, 3.05) is 23.7 Å². The van der Waals surface area contributed by atoms with Gasteiger partial charge < -0.3 is 15.4 Å². The number of aromatic nitrogens is 1. The summed E-state index contributed by atoms with van der Waals surface area (Å²) >= 11 is 0. The summed E-state index contributed by atoms with van der Waals surface area (Å²) in [6, 6.07) is 8.69. The fourth-order valence-corrected chi connectivity index (χ4v) is 3.54. The van der Waals surface area contributed by atoms with E-state index < -0.39 is 0 Å². The largest absolute Gasteiger partial charge is 0.399 e. The Morgan fingerprint density at radius 3 is 2.77 bits per heavy atom. The predicted molar refractivity (Wildman–Crippen MR) is 83.0 cm³/mol. The van der Waals surface area contributed by atoms with Crippen molar-refractivity contribution in [1.82, 2.24) is 4.98 Å². The summed E-state index contributed by atoms with van der Waals surface area (Å²) < 4.78 is 19.4. The molecule has 2 aliphatic rings. The minimum Gasteiger partial charge on any atom is -0.399 e. The zero-order chi connectivity index (χ0) is 15.2. The Morgan fingerprint density at radius 1 is 1.18 bits per heavy atom. The van der Waals surface area contributed by atoms with Gasteiger partial charge in [-0.05, 0) is 42.2 Å². The van der Waals surface area contributed by atoms with E-state index in [9.17, 15) is 4.39 Å². The number of nitrogens with two attached hydrogens (primary N) is 1. The van der Waals surface area contributed by atoms with Crippen LogP contribution in [0.15, 0.2) is 36.5 Å². The van der Waals surface area contributed by atoms with Crippen LogP contribution in [0.2, 0.25) is 0 Å². The molecule has 4 nitrogen and oxygen atoms in total. The molecule has 0 saturated carbocycles. The normalized spacial score (nSPS) is 19.4. The molecule has 2 N–H and O–H groups in total. The van der Waals surface area contributed by atoms with Crippen molar-refractivity contribution in [3.8, 4) is 0 Å². The maximum atomic E-state index is 13.4. The first-order valence-corrected chi connectivity index (χ1v) is 7.56. The number of hydrogen-bond donors (Lipinski definition) is 1. The summed E-state index contributed by atoms with van der Waals surface area (Å²) in [5.74, 6) is 0.716. The molecule has 1 fully saturated rings. The highest BCUT2D eigenvalue weighted by Crippen LogP contribution is 2.44. The summed E-state index contributed by atoms with van der Waals surface area (Å²) in [5, 5.41) is 0. The van der Waals surface area contributed by atoms with Gasteiger partial charge in [0, 0.05) is 31.0 Å². The molecule has 3 heterocycles. The van der Waals surface area contributed by atoms with Crippen LogP contribution in [0.4, 0.5) is 15.9 Å². The van der Waals surface area contributed by atoms with Gasteiger partial charge in [0.15, 0.2) is 0 Å². The highest BCUT2D eigenvalue weighted by atomic mass is 19.1. The third-order valence-corrected chi connectivity index (χ3v) is 4.73. The van der Waals surface area contributed by atoms with E-state index in [0.717, 1.165) is 48.6 Å². The number of nitrogens with zero attached hydrogens (tertiary/aromatic N) is 2. The van der Waals surface area contributed by atoms with Crippen molar-refractivity contribution >= 4 is 11.5 Å². The first-order valence-electron chi connectivity index (χ1n) is 7.56. The van der Waals surface area contributed by atoms with E-state index in [1.807, 2.05) is 12.1 Å². The molecular weight excluding hydrogens is 281 g/mol. The molecule has 1 saturated heterocycles. The molecule has 0 atom stereocenters. The van der Waals surface area contributed by atoms with Crippen molar-refractivity contribution in [3.63, 3.8) is 0 Å². The number of nitrogen functional groups attached to an aromatic ring is 1. The third kappa shape index (κ3) is 2.13. The lowest BCUT2D eigenvalue weighted by atomic mass is 9.84. The minimum absolute atomic E-state index is 0.194. The highest BCUT2D eigenvalue weighted by Gasteiger charge is 2.42. The first kappa shape index (κ1) is 13.5. The van der Waals surface area contributed by atoms with Crippen molar-refractivity contribution < 1.29 is 9.13 Å². The molecule has 4 rings (SSSR count). The SMILES string of the molecule is Nc1ccnc(N2CCC3(CC2)OCc2cc(F)ccc23)c1. The maximum absolute atomic E-state index is 13.4. The number of pyridine rings is 1. The number of ether oxygens (including phenoxy) is 1. The number of rotatable bonds is 1. The first-order chi connectivity index (χ1) is 10.7. The molecule has 1 aromatic carbocycles. The number of piperidine rings is 1. The zero-order valence-corrected chi connectivity index (χ0v) is 12.3. The lowest BCUT2D eigenvalue weighted by Gasteiger charge is -2.39. The van der Waals surface area contributed by atoms with Crippen LogP contribution in [-0.4, -0.2) is 18.1 Å². The fraction of sp³-hybridized carbons (Fsp3) is 0.353. The lowest BCUT2D eigenvalue weighted by Crippen LogP contribution is -2.42. The summed E-state index contributed by atoms with van der Waals surface area (Å²) in [7, 11) is 0. The molecule has 114 valence electrons. The summed E-state index contributed by atoms with van der Waals surface area (Å²) in [4.78, 5) is 6.62. The monoisotopic (exact) mass is 299 g/mol. The maximum Gasteiger partial charge on any atom is 0.130 e. The second-order valence-electron chi connectivity index (χ2n) is 6.02. The molecular formula is C17H18FN3O. The average molecular weight is 299 g/mol. The lowest BCUT2D eigenvalue weighted by molar-refractivity contribution is -0.0551. The number of benzene rings is 1. The van der Waals surface area contributed by atoms with E-state index in [4.69, 9.17) is 10.5 Å². The van der Waals surface area contributed by atoms with Crippen molar-refractivity contribution in [1.29, 1.82) is 0 Å². The summed E-state index contributed by atoms with van der Waals surface area (Å²) in [5.41, 5.74) is 8.42. The number of halogens is 1. The number of hydrogen-bond acceptors (Lipinski definition) is 4. The Morgan fingerprint density at radius 2 is 2.00 bits per heavy atom. The Kier molecular flexibility index (Phi) is 3.04. The molecule has 0 amide bonds. The molecule has 0 bridgehead atoms. The highest BCUT2D eigenvalue weighted by molar-refractivity contribution is 5.51. The van der Waals surface area contributed by atoms with Crippen LogP contribution in [0, 0.1) is 5.82 Å². The van der Waals surface area contributed by atoms with Crippen LogP contribution in [0.1, 0.15) is 24.0 Å². The Balaban J connectivity index is 1.56. The van der Waals surface area contributed by atoms with Gasteiger partial charge in [-0.1, -0.05) is 6.07 Å². The second-order valence-corrected chi connectivity index (χ2v) is 6.02. The molecule has 1 spiro atoms. The number of fused-ring (bicyclic) bond motifs is 2. The quantitative estimate of drug-likeness (QED) is 0.879. The van der Waals surface area contributed by atoms with Gasteiger partial charge in [0.2, 0.25) is 0 Å². The standard InChI is InChI=1S/C17H18FN3O/c18-13-1-2-15-12(9-13)11-22-17(15)4-7-21(8-5-17)16-10-14(19)3-6-20-16/h1-3,6,9-10H,4-5,7-8,11H2,(H2,19,20). The van der Waals surface area contributed by atoms with Crippen molar-refractivity contribution in [2.45, 2.75) is 25.0 Å². The Hall–Kier alpha value is -2.14. The van der Waals surface area contributed by atoms with E-state index in [2.05, 4.69) is 9.88 Å². The molecule has 0 unspecified atom stereocenters. The molecule has 1 aromatic heterocycles. The van der Waals surface area contributed by atoms with Crippen molar-refractivity contribution in [3.05, 3.63) is 53.5 Å². The van der Waals surface area contributed by atoms with Gasteiger partial charge in [0.1, 0.15) is 11.6 Å². The van der Waals surface area contributed by atoms with E-state index in [-0.39, 0.29) is 11.4 Å². The fourth-order valence-electron chi connectivity index (χ4n) is 3.54. The molecule has 22 heavy (non-hydrogen) atoms. The molecule has 0 aliphatic carbocycles. The molecule has 5 heteroatoms. The number of anilines is 2. The van der Waals surface area contributed by atoms with Gasteiger partial charge in [-0.2, -0.15) is 0 Å². The Bertz CT molecular complexity index is 711. The van der Waals surface area contributed by atoms with Gasteiger partial charge in [-0.25, -0.2) is 9.37 Å². The third-order valence-electron chi connectivity index (χ3n) is 4.73. The smallest absolute Gasteiger partial charge is 0.130 e. The molecule has 2 aromatic rings. The minimum atomic E-state index is -0.264. The second kappa shape index (κ2) is 4.95. The van der Waals surface area contributed by atoms with Crippen LogP contribution in [0.25, 0.3) is 0 Å². The van der Waals surface area contributed by atoms with Crippen LogP contribution in [-0.2, 0) is 16.9 Å². The van der Waals surface area contributed by atoms with E-state index in [1.54, 1.807) is 18.3 Å². The van der Waals surface area contributed by atoms with Gasteiger partial charge in [-0.15, -0.1) is 0 Å². The predicted octanol–water partition coefficient (Wildman–Crippen LogP) is 2.83. The van der Waals surface area contributed by atoms with E-state index >= 15 is 0 Å². The van der Waals surface area contributed by atoms with Crippen LogP contribution >= 0.6 is 0 Å². The van der Waals surface area contributed by atoms with Crippen molar-refractivity contribution in [2.24, 2.45) is 0 Å². The van der Waals surface area contributed by atoms with Gasteiger partial charge in [0.05, 0.1) is 12.2 Å². The average Bonchev–Trinajstić information content (AvgIpc) is 2.86. The van der Waals surface area contributed by atoms with E-state index in [1.165, 1.54) is 6.07 Å². The Labute approximate surface area is 128 Å². The van der Waals surface area contributed by atoms with Crippen LogP contribution < -0.4 is 10.6 Å². The summed E-state index contributed by atoms with van der Waals surface area (Å²) in [6.45, 7) is 2.21.